The molecule has 0 saturated heterocycles. The number of methoxy groups -OCH3 is 1. The molecular formula is C22H20Cl2N2O4S. The fourth-order valence-corrected chi connectivity index (χ4v) is 4.83. The fraction of sp³-hybridized carbons (Fsp3) is 0.136. The molecule has 9 heteroatoms. The Morgan fingerprint density at radius 3 is 2.26 bits per heavy atom. The molecule has 0 aliphatic carbocycles. The highest BCUT2D eigenvalue weighted by Crippen LogP contribution is 2.30. The first-order valence-electron chi connectivity index (χ1n) is 9.22. The van der Waals surface area contributed by atoms with Crippen molar-refractivity contribution < 1.29 is 17.9 Å². The number of sulfonamides is 1. The van der Waals surface area contributed by atoms with Crippen molar-refractivity contribution in [3.63, 3.8) is 0 Å². The Kier molecular flexibility index (Phi) is 7.56. The third-order valence-corrected chi connectivity index (χ3v) is 6.69. The molecule has 0 atom stereocenters. The van der Waals surface area contributed by atoms with Crippen LogP contribution in [0.25, 0.3) is 0 Å². The third kappa shape index (κ3) is 5.98. The van der Waals surface area contributed by atoms with E-state index in [0.29, 0.717) is 10.7 Å². The van der Waals surface area contributed by atoms with Crippen molar-refractivity contribution in [3.05, 3.63) is 88.4 Å². The Hall–Kier alpha value is -2.58. The van der Waals surface area contributed by atoms with Crippen molar-refractivity contribution in [1.29, 1.82) is 0 Å². The van der Waals surface area contributed by atoms with Gasteiger partial charge in [-0.05, 0) is 48.0 Å². The van der Waals surface area contributed by atoms with Gasteiger partial charge in [0.1, 0.15) is 10.6 Å². The maximum Gasteiger partial charge on any atom is 0.247 e. The van der Waals surface area contributed by atoms with Crippen molar-refractivity contribution in [2.24, 2.45) is 0 Å². The fourth-order valence-electron chi connectivity index (χ4n) is 2.90. The molecule has 162 valence electrons. The number of ether oxygens (including phenoxy) is 1. The number of carbonyl (C=O) groups excluding carboxylic acids is 1. The second-order valence-corrected chi connectivity index (χ2v) is 9.39. The second kappa shape index (κ2) is 10.2. The van der Waals surface area contributed by atoms with E-state index in [0.717, 1.165) is 9.87 Å². The topological polar surface area (TPSA) is 75.7 Å². The van der Waals surface area contributed by atoms with E-state index >= 15 is 0 Å². The first-order chi connectivity index (χ1) is 14.8. The molecule has 1 amide bonds. The maximum absolute atomic E-state index is 13.5. The van der Waals surface area contributed by atoms with Gasteiger partial charge in [0.05, 0.1) is 13.7 Å². The van der Waals surface area contributed by atoms with Crippen LogP contribution in [0.3, 0.4) is 0 Å². The second-order valence-electron chi connectivity index (χ2n) is 6.61. The lowest BCUT2D eigenvalue weighted by molar-refractivity contribution is -0.116. The normalized spacial score (nSPS) is 11.4. The molecule has 0 radical (unpaired) electrons. The molecule has 0 spiro atoms. The number of halogens is 2. The average Bonchev–Trinajstić information content (AvgIpc) is 2.75. The number of hydrogen-bond donors (Lipinski definition) is 1. The highest BCUT2D eigenvalue weighted by atomic mass is 35.5. The monoisotopic (exact) mass is 478 g/mol. The van der Waals surface area contributed by atoms with Gasteiger partial charge < -0.3 is 10.1 Å². The summed E-state index contributed by atoms with van der Waals surface area (Å²) in [5.74, 6) is -0.358. The molecule has 3 rings (SSSR count). The summed E-state index contributed by atoms with van der Waals surface area (Å²) in [6.45, 7) is -0.414. The lowest BCUT2D eigenvalue weighted by Gasteiger charge is -2.23. The Balaban J connectivity index is 1.93. The average molecular weight is 479 g/mol. The quantitative estimate of drug-likeness (QED) is 0.502. The molecule has 0 aromatic heterocycles. The lowest BCUT2D eigenvalue weighted by atomic mass is 10.2. The van der Waals surface area contributed by atoms with Crippen molar-refractivity contribution in [3.8, 4) is 5.75 Å². The first kappa shape index (κ1) is 23.1. The van der Waals surface area contributed by atoms with Gasteiger partial charge in [0.2, 0.25) is 15.9 Å². The van der Waals surface area contributed by atoms with Gasteiger partial charge in [-0.3, -0.25) is 4.79 Å². The van der Waals surface area contributed by atoms with Crippen LogP contribution in [0.4, 0.5) is 5.69 Å². The summed E-state index contributed by atoms with van der Waals surface area (Å²) in [6.07, 6.45) is 0. The van der Waals surface area contributed by atoms with Crippen molar-refractivity contribution in [1.82, 2.24) is 4.31 Å². The maximum atomic E-state index is 13.5. The molecular weight excluding hydrogens is 459 g/mol. The van der Waals surface area contributed by atoms with E-state index in [-0.39, 0.29) is 22.2 Å². The number of carbonyl (C=O) groups is 1. The summed E-state index contributed by atoms with van der Waals surface area (Å²) in [4.78, 5) is 12.6. The highest BCUT2D eigenvalue weighted by molar-refractivity contribution is 7.89. The van der Waals surface area contributed by atoms with Crippen LogP contribution in [-0.4, -0.2) is 32.3 Å². The van der Waals surface area contributed by atoms with Gasteiger partial charge in [-0.15, -0.1) is 0 Å². The Morgan fingerprint density at radius 2 is 1.61 bits per heavy atom. The standard InChI is InChI=1S/C22H20Cl2N2O4S/c1-30-20-12-9-18(24)13-21(20)31(28,29)26(14-16-5-3-2-4-6-16)15-22(27)25-19-10-7-17(23)8-11-19/h2-13H,14-15H2,1H3,(H,25,27). The third-order valence-electron chi connectivity index (χ3n) is 4.39. The molecule has 1 N–H and O–H groups in total. The van der Waals surface area contributed by atoms with Crippen molar-refractivity contribution >= 4 is 44.8 Å². The van der Waals surface area contributed by atoms with Crippen LogP contribution in [0.1, 0.15) is 5.56 Å². The van der Waals surface area contributed by atoms with E-state index in [4.69, 9.17) is 27.9 Å². The van der Waals surface area contributed by atoms with Gasteiger partial charge >= 0.3 is 0 Å². The number of amides is 1. The number of benzene rings is 3. The molecule has 0 unspecified atom stereocenters. The number of rotatable bonds is 8. The van der Waals surface area contributed by atoms with Crippen LogP contribution in [0.2, 0.25) is 10.0 Å². The summed E-state index contributed by atoms with van der Waals surface area (Å²) >= 11 is 11.9. The predicted octanol–water partition coefficient (Wildman–Crippen LogP) is 4.83. The van der Waals surface area contributed by atoms with Gasteiger partial charge in [0.25, 0.3) is 0 Å². The molecule has 3 aromatic carbocycles. The Labute approximate surface area is 191 Å². The summed E-state index contributed by atoms with van der Waals surface area (Å²) in [6, 6.07) is 19.9. The first-order valence-corrected chi connectivity index (χ1v) is 11.4. The van der Waals surface area contributed by atoms with E-state index in [1.54, 1.807) is 48.5 Å². The summed E-state index contributed by atoms with van der Waals surface area (Å²) in [5.41, 5.74) is 1.23. The van der Waals surface area contributed by atoms with Crippen LogP contribution in [-0.2, 0) is 21.4 Å². The van der Waals surface area contributed by atoms with Crippen LogP contribution < -0.4 is 10.1 Å². The minimum absolute atomic E-state index is 0.00706. The minimum Gasteiger partial charge on any atom is -0.495 e. The number of nitrogens with zero attached hydrogens (tertiary/aromatic N) is 1. The lowest BCUT2D eigenvalue weighted by Crippen LogP contribution is -2.37. The SMILES string of the molecule is COc1ccc(Cl)cc1S(=O)(=O)N(CC(=O)Nc1ccc(Cl)cc1)Cc1ccccc1. The number of nitrogens with one attached hydrogen (secondary N) is 1. The molecule has 0 heterocycles. The molecule has 0 bridgehead atoms. The van der Waals surface area contributed by atoms with Crippen LogP contribution in [0, 0.1) is 0 Å². The van der Waals surface area contributed by atoms with Gasteiger partial charge in [0.15, 0.2) is 0 Å². The summed E-state index contributed by atoms with van der Waals surface area (Å²) < 4.78 is 33.3. The van der Waals surface area contributed by atoms with Crippen LogP contribution >= 0.6 is 23.2 Å². The smallest absolute Gasteiger partial charge is 0.247 e. The zero-order chi connectivity index (χ0) is 22.4. The summed E-state index contributed by atoms with van der Waals surface area (Å²) in [7, 11) is -2.74. The summed E-state index contributed by atoms with van der Waals surface area (Å²) in [5, 5.41) is 3.46. The van der Waals surface area contributed by atoms with E-state index in [9.17, 15) is 13.2 Å². The van der Waals surface area contributed by atoms with Crippen LogP contribution in [0.5, 0.6) is 5.75 Å². The Morgan fingerprint density at radius 1 is 0.968 bits per heavy atom. The molecule has 0 fully saturated rings. The van der Waals surface area contributed by atoms with E-state index in [1.807, 2.05) is 6.07 Å². The predicted molar refractivity (Wildman–Crippen MR) is 122 cm³/mol. The van der Waals surface area contributed by atoms with E-state index in [1.165, 1.54) is 25.3 Å². The van der Waals surface area contributed by atoms with Gasteiger partial charge in [-0.1, -0.05) is 53.5 Å². The van der Waals surface area contributed by atoms with Gasteiger partial charge in [0, 0.05) is 22.3 Å². The molecule has 0 aliphatic rings. The largest absolute Gasteiger partial charge is 0.495 e. The number of anilines is 1. The zero-order valence-electron chi connectivity index (χ0n) is 16.6. The minimum atomic E-state index is -4.12. The number of hydrogen-bond acceptors (Lipinski definition) is 4. The molecule has 6 nitrogen and oxygen atoms in total. The Bertz CT molecular complexity index is 1150. The van der Waals surface area contributed by atoms with E-state index < -0.39 is 22.5 Å². The van der Waals surface area contributed by atoms with Crippen molar-refractivity contribution in [2.45, 2.75) is 11.4 Å². The molecule has 0 saturated carbocycles. The molecule has 0 aliphatic heterocycles. The zero-order valence-corrected chi connectivity index (χ0v) is 18.9. The van der Waals surface area contributed by atoms with Gasteiger partial charge in [-0.25, -0.2) is 8.42 Å². The van der Waals surface area contributed by atoms with Crippen LogP contribution in [0.15, 0.2) is 77.7 Å². The molecule has 31 heavy (non-hydrogen) atoms. The van der Waals surface area contributed by atoms with Crippen molar-refractivity contribution in [2.75, 3.05) is 19.0 Å². The van der Waals surface area contributed by atoms with Gasteiger partial charge in [-0.2, -0.15) is 4.31 Å². The molecule has 3 aromatic rings. The highest BCUT2D eigenvalue weighted by Gasteiger charge is 2.30. The van der Waals surface area contributed by atoms with E-state index in [2.05, 4.69) is 5.32 Å².